The molecule has 0 saturated heterocycles. The van der Waals surface area contributed by atoms with Gasteiger partial charge in [-0.15, -0.1) is 0 Å². The Morgan fingerprint density at radius 2 is 1.76 bits per heavy atom. The molecular formula is C11H19N3O3. The lowest BCUT2D eigenvalue weighted by Crippen LogP contribution is -2.27. The molecule has 0 unspecified atom stereocenters. The van der Waals surface area contributed by atoms with E-state index in [0.717, 1.165) is 6.54 Å². The van der Waals surface area contributed by atoms with Gasteiger partial charge in [-0.1, -0.05) is 13.8 Å². The average molecular weight is 241 g/mol. The van der Waals surface area contributed by atoms with Gasteiger partial charge in [0.2, 0.25) is 11.8 Å². The quantitative estimate of drug-likeness (QED) is 0.715. The molecular weight excluding hydrogens is 222 g/mol. The van der Waals surface area contributed by atoms with E-state index in [1.807, 2.05) is 0 Å². The maximum atomic E-state index is 5.40. The second kappa shape index (κ2) is 6.90. The van der Waals surface area contributed by atoms with Gasteiger partial charge in [-0.2, -0.15) is 9.97 Å². The van der Waals surface area contributed by atoms with E-state index in [1.165, 1.54) is 14.2 Å². The predicted molar refractivity (Wildman–Crippen MR) is 63.8 cm³/mol. The number of rotatable bonds is 7. The van der Waals surface area contributed by atoms with Gasteiger partial charge >= 0.3 is 6.01 Å². The fourth-order valence-electron chi connectivity index (χ4n) is 1.15. The smallest absolute Gasteiger partial charge is 0.323 e. The second-order valence-electron chi connectivity index (χ2n) is 3.69. The molecule has 0 saturated carbocycles. The molecule has 0 aliphatic rings. The predicted octanol–water partition coefficient (Wildman–Crippen LogP) is 0.871. The largest absolute Gasteiger partial charge is 0.481 e. The first-order valence-electron chi connectivity index (χ1n) is 5.49. The van der Waals surface area contributed by atoms with Gasteiger partial charge in [0.05, 0.1) is 20.3 Å². The van der Waals surface area contributed by atoms with Gasteiger partial charge in [-0.25, -0.2) is 0 Å². The standard InChI is InChI=1S/C11H19N3O3/c1-8(2)12-5-6-17-11-13-9(15-3)7-10(14-11)16-4/h7-8,12H,5-6H2,1-4H3. The molecule has 0 spiro atoms. The molecule has 0 amide bonds. The molecule has 0 bridgehead atoms. The molecule has 1 heterocycles. The molecule has 0 fully saturated rings. The van der Waals surface area contributed by atoms with Gasteiger partial charge in [0.15, 0.2) is 0 Å². The van der Waals surface area contributed by atoms with E-state index in [0.29, 0.717) is 24.4 Å². The van der Waals surface area contributed by atoms with Gasteiger partial charge in [-0.3, -0.25) is 0 Å². The molecule has 17 heavy (non-hydrogen) atoms. The highest BCUT2D eigenvalue weighted by Crippen LogP contribution is 2.18. The van der Waals surface area contributed by atoms with Gasteiger partial charge in [0.25, 0.3) is 0 Å². The van der Waals surface area contributed by atoms with Crippen LogP contribution < -0.4 is 19.5 Å². The number of hydrogen-bond donors (Lipinski definition) is 1. The van der Waals surface area contributed by atoms with Crippen LogP contribution in [-0.2, 0) is 0 Å². The summed E-state index contributed by atoms with van der Waals surface area (Å²) in [4.78, 5) is 8.11. The van der Waals surface area contributed by atoms with Gasteiger partial charge in [-0.05, 0) is 0 Å². The van der Waals surface area contributed by atoms with Crippen LogP contribution in [0.15, 0.2) is 6.07 Å². The molecule has 0 aromatic carbocycles. The van der Waals surface area contributed by atoms with Crippen LogP contribution in [0.4, 0.5) is 0 Å². The Morgan fingerprint density at radius 3 is 2.24 bits per heavy atom. The van der Waals surface area contributed by atoms with Crippen molar-refractivity contribution in [3.63, 3.8) is 0 Å². The summed E-state index contributed by atoms with van der Waals surface area (Å²) in [6, 6.07) is 2.28. The highest BCUT2D eigenvalue weighted by molar-refractivity contribution is 5.22. The summed E-state index contributed by atoms with van der Waals surface area (Å²) >= 11 is 0. The number of methoxy groups -OCH3 is 2. The topological polar surface area (TPSA) is 65.5 Å². The second-order valence-corrected chi connectivity index (χ2v) is 3.69. The number of hydrogen-bond acceptors (Lipinski definition) is 6. The maximum Gasteiger partial charge on any atom is 0.323 e. The zero-order valence-corrected chi connectivity index (χ0v) is 10.7. The van der Waals surface area contributed by atoms with Crippen molar-refractivity contribution in [2.24, 2.45) is 0 Å². The Balaban J connectivity index is 2.51. The van der Waals surface area contributed by atoms with Gasteiger partial charge in [0.1, 0.15) is 6.61 Å². The Labute approximate surface area is 101 Å². The Bertz CT molecular complexity index is 322. The zero-order valence-electron chi connectivity index (χ0n) is 10.7. The number of ether oxygens (including phenoxy) is 3. The molecule has 6 heteroatoms. The fourth-order valence-corrected chi connectivity index (χ4v) is 1.15. The summed E-state index contributed by atoms with van der Waals surface area (Å²) in [5.74, 6) is 0.840. The molecule has 0 radical (unpaired) electrons. The van der Waals surface area contributed by atoms with E-state index in [2.05, 4.69) is 29.1 Å². The minimum absolute atomic E-state index is 0.256. The number of nitrogens with zero attached hydrogens (tertiary/aromatic N) is 2. The molecule has 6 nitrogen and oxygen atoms in total. The lowest BCUT2D eigenvalue weighted by atomic mass is 10.4. The van der Waals surface area contributed by atoms with Crippen molar-refractivity contribution < 1.29 is 14.2 Å². The molecule has 96 valence electrons. The fraction of sp³-hybridized carbons (Fsp3) is 0.636. The molecule has 1 N–H and O–H groups in total. The van der Waals surface area contributed by atoms with E-state index >= 15 is 0 Å². The van der Waals surface area contributed by atoms with E-state index in [1.54, 1.807) is 6.07 Å². The van der Waals surface area contributed by atoms with Gasteiger partial charge < -0.3 is 19.5 Å². The monoisotopic (exact) mass is 241 g/mol. The van der Waals surface area contributed by atoms with Crippen LogP contribution in [-0.4, -0.2) is 43.4 Å². The van der Waals surface area contributed by atoms with Crippen LogP contribution in [0.25, 0.3) is 0 Å². The minimum Gasteiger partial charge on any atom is -0.481 e. The number of nitrogens with one attached hydrogen (secondary N) is 1. The third-order valence-electron chi connectivity index (χ3n) is 1.96. The highest BCUT2D eigenvalue weighted by atomic mass is 16.5. The zero-order chi connectivity index (χ0) is 12.7. The van der Waals surface area contributed by atoms with Crippen molar-refractivity contribution in [3.8, 4) is 17.8 Å². The van der Waals surface area contributed by atoms with E-state index < -0.39 is 0 Å². The molecule has 0 atom stereocenters. The first-order valence-corrected chi connectivity index (χ1v) is 5.49. The summed E-state index contributed by atoms with van der Waals surface area (Å²) in [7, 11) is 3.07. The van der Waals surface area contributed by atoms with Crippen molar-refractivity contribution in [3.05, 3.63) is 6.07 Å². The lowest BCUT2D eigenvalue weighted by Gasteiger charge is -2.09. The van der Waals surface area contributed by atoms with Crippen LogP contribution in [0.1, 0.15) is 13.8 Å². The van der Waals surface area contributed by atoms with Gasteiger partial charge in [0, 0.05) is 12.6 Å². The summed E-state index contributed by atoms with van der Waals surface area (Å²) in [6.45, 7) is 5.38. The molecule has 0 aliphatic heterocycles. The summed E-state index contributed by atoms with van der Waals surface area (Å²) in [5.41, 5.74) is 0. The van der Waals surface area contributed by atoms with E-state index in [9.17, 15) is 0 Å². The van der Waals surface area contributed by atoms with Crippen molar-refractivity contribution in [2.75, 3.05) is 27.4 Å². The third kappa shape index (κ3) is 4.86. The average Bonchev–Trinajstić information content (AvgIpc) is 2.34. The van der Waals surface area contributed by atoms with Crippen molar-refractivity contribution in [1.29, 1.82) is 0 Å². The summed E-state index contributed by atoms with van der Waals surface area (Å²) in [6.07, 6.45) is 0. The SMILES string of the molecule is COc1cc(OC)nc(OCCNC(C)C)n1. The van der Waals surface area contributed by atoms with Crippen molar-refractivity contribution in [1.82, 2.24) is 15.3 Å². The summed E-state index contributed by atoms with van der Waals surface area (Å²) in [5, 5.41) is 3.23. The Kier molecular flexibility index (Phi) is 5.48. The van der Waals surface area contributed by atoms with Crippen LogP contribution in [0.3, 0.4) is 0 Å². The third-order valence-corrected chi connectivity index (χ3v) is 1.96. The normalized spacial score (nSPS) is 10.4. The molecule has 1 aromatic heterocycles. The van der Waals surface area contributed by atoms with Crippen LogP contribution >= 0.6 is 0 Å². The minimum atomic E-state index is 0.256. The summed E-state index contributed by atoms with van der Waals surface area (Å²) < 4.78 is 15.4. The van der Waals surface area contributed by atoms with Crippen molar-refractivity contribution in [2.45, 2.75) is 19.9 Å². The van der Waals surface area contributed by atoms with E-state index in [-0.39, 0.29) is 6.01 Å². The van der Waals surface area contributed by atoms with Crippen LogP contribution in [0.2, 0.25) is 0 Å². The molecule has 1 rings (SSSR count). The van der Waals surface area contributed by atoms with Crippen molar-refractivity contribution >= 4 is 0 Å². The number of aromatic nitrogens is 2. The Morgan fingerprint density at radius 1 is 1.18 bits per heavy atom. The highest BCUT2D eigenvalue weighted by Gasteiger charge is 2.06. The van der Waals surface area contributed by atoms with E-state index in [4.69, 9.17) is 14.2 Å². The Hall–Kier alpha value is -1.56. The first kappa shape index (κ1) is 13.5. The van der Waals surface area contributed by atoms with Crippen LogP contribution in [0.5, 0.6) is 17.8 Å². The van der Waals surface area contributed by atoms with Crippen LogP contribution in [0, 0.1) is 0 Å². The first-order chi connectivity index (χ1) is 8.15. The molecule has 1 aromatic rings. The maximum absolute atomic E-state index is 5.40. The molecule has 0 aliphatic carbocycles. The lowest BCUT2D eigenvalue weighted by molar-refractivity contribution is 0.271.